The molecule has 0 saturated carbocycles. The molecule has 3 heterocycles. The highest BCUT2D eigenvalue weighted by Gasteiger charge is 2.31. The monoisotopic (exact) mass is 426 g/mol. The van der Waals surface area contributed by atoms with Crippen molar-refractivity contribution in [3.05, 3.63) is 35.5 Å². The zero-order valence-electron chi connectivity index (χ0n) is 17.7. The lowest BCUT2D eigenvalue weighted by Crippen LogP contribution is -2.37. The molecule has 1 aromatic heterocycles. The molecule has 164 valence electrons. The van der Waals surface area contributed by atoms with Crippen LogP contribution in [0, 0.1) is 0 Å². The van der Waals surface area contributed by atoms with Crippen LogP contribution >= 0.6 is 0 Å². The van der Waals surface area contributed by atoms with Crippen molar-refractivity contribution < 1.29 is 19.1 Å². The van der Waals surface area contributed by atoms with Crippen molar-refractivity contribution in [2.45, 2.75) is 20.0 Å². The van der Waals surface area contributed by atoms with E-state index in [4.69, 9.17) is 19.4 Å². The molecule has 0 atom stereocenters. The molecule has 1 saturated heterocycles. The molecule has 1 aromatic carbocycles. The van der Waals surface area contributed by atoms with Gasteiger partial charge in [0.2, 0.25) is 0 Å². The summed E-state index contributed by atoms with van der Waals surface area (Å²) in [4.78, 5) is 37.2. The summed E-state index contributed by atoms with van der Waals surface area (Å²) >= 11 is 0. The average Bonchev–Trinajstić information content (AvgIpc) is 3.23. The zero-order valence-corrected chi connectivity index (χ0v) is 17.7. The number of anilines is 2. The largest absolute Gasteiger partial charge is 0.453 e. The molecule has 4 rings (SSSR count). The molecular weight excluding hydrogens is 400 g/mol. The number of hydrogen-bond donors (Lipinski definition) is 2. The summed E-state index contributed by atoms with van der Waals surface area (Å²) in [6, 6.07) is 7.13. The van der Waals surface area contributed by atoms with Crippen LogP contribution in [0.4, 0.5) is 21.1 Å². The molecule has 0 spiro atoms. The molecule has 0 unspecified atom stereocenters. The van der Waals surface area contributed by atoms with Gasteiger partial charge < -0.3 is 25.0 Å². The Bertz CT molecular complexity index is 959. The molecule has 3 amide bonds. The minimum absolute atomic E-state index is 0.249. The van der Waals surface area contributed by atoms with Gasteiger partial charge in [0.25, 0.3) is 0 Å². The van der Waals surface area contributed by atoms with E-state index in [2.05, 4.69) is 15.5 Å². The molecule has 2 N–H and O–H groups in total. The van der Waals surface area contributed by atoms with E-state index in [0.717, 1.165) is 35.7 Å². The number of urea groups is 1. The number of benzene rings is 1. The number of methoxy groups -OCH3 is 1. The van der Waals surface area contributed by atoms with Crippen LogP contribution < -0.4 is 15.5 Å². The molecule has 2 aliphatic heterocycles. The van der Waals surface area contributed by atoms with Gasteiger partial charge in [-0.3, -0.25) is 4.90 Å². The second kappa shape index (κ2) is 9.17. The number of rotatable bonds is 4. The Hall–Kier alpha value is -3.40. The molecule has 2 aliphatic rings. The van der Waals surface area contributed by atoms with Crippen molar-refractivity contribution >= 4 is 23.6 Å². The summed E-state index contributed by atoms with van der Waals surface area (Å²) < 4.78 is 10.4. The van der Waals surface area contributed by atoms with Gasteiger partial charge in [-0.1, -0.05) is 0 Å². The summed E-state index contributed by atoms with van der Waals surface area (Å²) in [5.74, 6) is 1.41. The van der Waals surface area contributed by atoms with Crippen molar-refractivity contribution in [2.75, 3.05) is 50.2 Å². The van der Waals surface area contributed by atoms with E-state index >= 15 is 0 Å². The van der Waals surface area contributed by atoms with E-state index in [1.165, 1.54) is 7.11 Å². The lowest BCUT2D eigenvalue weighted by molar-refractivity contribution is 0.121. The predicted molar refractivity (Wildman–Crippen MR) is 115 cm³/mol. The van der Waals surface area contributed by atoms with Crippen molar-refractivity contribution in [1.29, 1.82) is 0 Å². The van der Waals surface area contributed by atoms with E-state index in [-0.39, 0.29) is 12.1 Å². The van der Waals surface area contributed by atoms with Crippen LogP contribution in [0.15, 0.2) is 24.3 Å². The van der Waals surface area contributed by atoms with Crippen molar-refractivity contribution in [1.82, 2.24) is 20.2 Å². The summed E-state index contributed by atoms with van der Waals surface area (Å²) in [6.07, 6.45) is -0.381. The molecule has 1 fully saturated rings. The van der Waals surface area contributed by atoms with E-state index in [9.17, 15) is 9.59 Å². The van der Waals surface area contributed by atoms with Gasteiger partial charge in [0.05, 0.1) is 39.1 Å². The van der Waals surface area contributed by atoms with Crippen LogP contribution in [0.3, 0.4) is 0 Å². The molecule has 0 aliphatic carbocycles. The van der Waals surface area contributed by atoms with Gasteiger partial charge in [-0.15, -0.1) is 0 Å². The van der Waals surface area contributed by atoms with E-state index in [0.29, 0.717) is 44.4 Å². The molecule has 10 heteroatoms. The second-order valence-electron chi connectivity index (χ2n) is 7.28. The molecule has 2 aromatic rings. The molecule has 0 radical (unpaired) electrons. The number of aromatic nitrogens is 2. The summed E-state index contributed by atoms with van der Waals surface area (Å²) in [7, 11) is 1.38. The van der Waals surface area contributed by atoms with Crippen LogP contribution in [0.1, 0.15) is 18.2 Å². The summed E-state index contributed by atoms with van der Waals surface area (Å²) in [6.45, 7) is 5.95. The van der Waals surface area contributed by atoms with Crippen molar-refractivity contribution in [3.8, 4) is 11.4 Å². The summed E-state index contributed by atoms with van der Waals surface area (Å²) in [5.41, 5.74) is 3.28. The van der Waals surface area contributed by atoms with Crippen LogP contribution in [-0.2, 0) is 22.6 Å². The zero-order chi connectivity index (χ0) is 21.8. The molecule has 0 bridgehead atoms. The third-order valence-electron chi connectivity index (χ3n) is 5.24. The van der Waals surface area contributed by atoms with Crippen molar-refractivity contribution in [2.24, 2.45) is 0 Å². The first-order chi connectivity index (χ1) is 15.1. The highest BCUT2D eigenvalue weighted by molar-refractivity contribution is 5.89. The Balaban J connectivity index is 1.64. The van der Waals surface area contributed by atoms with E-state index < -0.39 is 0 Å². The van der Waals surface area contributed by atoms with Gasteiger partial charge in [0, 0.05) is 36.4 Å². The quantitative estimate of drug-likeness (QED) is 0.771. The number of amides is 3. The van der Waals surface area contributed by atoms with Crippen LogP contribution in [0.25, 0.3) is 11.4 Å². The minimum Gasteiger partial charge on any atom is -0.453 e. The highest BCUT2D eigenvalue weighted by atomic mass is 16.5. The Labute approximate surface area is 180 Å². The first-order valence-corrected chi connectivity index (χ1v) is 10.3. The predicted octanol–water partition coefficient (Wildman–Crippen LogP) is 2.20. The van der Waals surface area contributed by atoms with Gasteiger partial charge in [0.15, 0.2) is 5.82 Å². The number of nitrogens with one attached hydrogen (secondary N) is 2. The lowest BCUT2D eigenvalue weighted by atomic mass is 10.1. The van der Waals surface area contributed by atoms with Gasteiger partial charge in [0.1, 0.15) is 5.82 Å². The fourth-order valence-electron chi connectivity index (χ4n) is 3.70. The fraction of sp³-hybridized carbons (Fsp3) is 0.429. The molecule has 31 heavy (non-hydrogen) atoms. The maximum atomic E-state index is 12.1. The number of carbonyl (C=O) groups is 2. The number of morpholine rings is 1. The highest BCUT2D eigenvalue weighted by Crippen LogP contribution is 2.32. The Morgan fingerprint density at radius 3 is 2.55 bits per heavy atom. The second-order valence-corrected chi connectivity index (χ2v) is 7.28. The SMILES string of the molecule is CCNC(=O)Nc1ccc(-c2nc3c(c(N4CCOCC4)n2)CN(C(=O)OC)C3)cc1. The maximum absolute atomic E-state index is 12.1. The van der Waals surface area contributed by atoms with Gasteiger partial charge in [-0.25, -0.2) is 19.6 Å². The van der Waals surface area contributed by atoms with E-state index in [1.807, 2.05) is 31.2 Å². The number of hydrogen-bond acceptors (Lipinski definition) is 7. The maximum Gasteiger partial charge on any atom is 0.410 e. The Morgan fingerprint density at radius 2 is 1.87 bits per heavy atom. The smallest absolute Gasteiger partial charge is 0.410 e. The van der Waals surface area contributed by atoms with Crippen LogP contribution in [0.5, 0.6) is 0 Å². The minimum atomic E-state index is -0.381. The normalized spacial score (nSPS) is 15.4. The van der Waals surface area contributed by atoms with Crippen LogP contribution in [0.2, 0.25) is 0 Å². The standard InChI is InChI=1S/C21H26N6O4/c1-3-22-20(28)23-15-6-4-14(5-7-15)18-24-17-13-27(21(29)30-2)12-16(17)19(25-18)26-8-10-31-11-9-26/h4-7H,3,8-13H2,1-2H3,(H2,22,23,28). The number of fused-ring (bicyclic) bond motifs is 1. The van der Waals surface area contributed by atoms with Gasteiger partial charge in [-0.2, -0.15) is 0 Å². The fourth-order valence-corrected chi connectivity index (χ4v) is 3.70. The average molecular weight is 426 g/mol. The molecule has 10 nitrogen and oxygen atoms in total. The first kappa shape index (κ1) is 20.9. The van der Waals surface area contributed by atoms with Gasteiger partial charge >= 0.3 is 12.1 Å². The third kappa shape index (κ3) is 4.53. The van der Waals surface area contributed by atoms with Crippen molar-refractivity contribution in [3.63, 3.8) is 0 Å². The third-order valence-corrected chi connectivity index (χ3v) is 5.24. The first-order valence-electron chi connectivity index (χ1n) is 10.3. The molecular formula is C21H26N6O4. The lowest BCUT2D eigenvalue weighted by Gasteiger charge is -2.29. The topological polar surface area (TPSA) is 109 Å². The van der Waals surface area contributed by atoms with E-state index in [1.54, 1.807) is 4.90 Å². The Morgan fingerprint density at radius 1 is 1.13 bits per heavy atom. The summed E-state index contributed by atoms with van der Waals surface area (Å²) in [5, 5.41) is 5.48. The number of ether oxygens (including phenoxy) is 2. The Kier molecular flexibility index (Phi) is 6.17. The van der Waals surface area contributed by atoms with Crippen LogP contribution in [-0.4, -0.2) is 67.0 Å². The van der Waals surface area contributed by atoms with Gasteiger partial charge in [-0.05, 0) is 31.2 Å². The number of nitrogens with zero attached hydrogens (tertiary/aromatic N) is 4. The number of carbonyl (C=O) groups excluding carboxylic acids is 2.